The standard InChI is InChI=1S/C22H26N2/c1-16(2)15-19-11-8-12-20(17(3)4)21(19)24-14-13-23-22(24)18-9-6-5-7-10-18/h5-14,16-17H,15H2,1-4H3. The van der Waals surface area contributed by atoms with Gasteiger partial charge < -0.3 is 0 Å². The van der Waals surface area contributed by atoms with Gasteiger partial charge in [-0.25, -0.2) is 4.98 Å². The highest BCUT2D eigenvalue weighted by Crippen LogP contribution is 2.31. The second-order valence-electron chi connectivity index (χ2n) is 7.09. The molecule has 0 radical (unpaired) electrons. The third kappa shape index (κ3) is 3.28. The van der Waals surface area contributed by atoms with E-state index < -0.39 is 0 Å². The van der Waals surface area contributed by atoms with Gasteiger partial charge in [0, 0.05) is 18.0 Å². The number of benzene rings is 2. The highest BCUT2D eigenvalue weighted by molar-refractivity contribution is 5.61. The fourth-order valence-corrected chi connectivity index (χ4v) is 3.26. The average molecular weight is 318 g/mol. The van der Waals surface area contributed by atoms with Crippen LogP contribution in [0.25, 0.3) is 17.1 Å². The van der Waals surface area contributed by atoms with Crippen LogP contribution < -0.4 is 0 Å². The lowest BCUT2D eigenvalue weighted by molar-refractivity contribution is 0.643. The first-order valence-corrected chi connectivity index (χ1v) is 8.79. The fraction of sp³-hybridized carbons (Fsp3) is 0.318. The van der Waals surface area contributed by atoms with Crippen LogP contribution in [0.4, 0.5) is 0 Å². The zero-order valence-electron chi connectivity index (χ0n) is 15.0. The monoisotopic (exact) mass is 318 g/mol. The van der Waals surface area contributed by atoms with Gasteiger partial charge in [-0.1, -0.05) is 76.2 Å². The van der Waals surface area contributed by atoms with Gasteiger partial charge in [-0.05, 0) is 29.4 Å². The Kier molecular flexibility index (Phi) is 4.84. The number of aromatic nitrogens is 2. The topological polar surface area (TPSA) is 17.8 Å². The maximum Gasteiger partial charge on any atom is 0.144 e. The van der Waals surface area contributed by atoms with Gasteiger partial charge in [-0.15, -0.1) is 0 Å². The molecule has 2 heteroatoms. The minimum Gasteiger partial charge on any atom is -0.299 e. The van der Waals surface area contributed by atoms with E-state index >= 15 is 0 Å². The van der Waals surface area contributed by atoms with Crippen molar-refractivity contribution in [2.24, 2.45) is 5.92 Å². The molecule has 2 nitrogen and oxygen atoms in total. The van der Waals surface area contributed by atoms with Gasteiger partial charge in [-0.3, -0.25) is 4.57 Å². The lowest BCUT2D eigenvalue weighted by atomic mass is 9.93. The minimum atomic E-state index is 0.470. The van der Waals surface area contributed by atoms with Gasteiger partial charge in [0.2, 0.25) is 0 Å². The van der Waals surface area contributed by atoms with Crippen molar-refractivity contribution in [3.63, 3.8) is 0 Å². The van der Waals surface area contributed by atoms with E-state index in [0.717, 1.165) is 17.8 Å². The van der Waals surface area contributed by atoms with Crippen molar-refractivity contribution in [3.8, 4) is 17.1 Å². The molecule has 3 rings (SSSR count). The van der Waals surface area contributed by atoms with Crippen LogP contribution in [-0.2, 0) is 6.42 Å². The van der Waals surface area contributed by atoms with E-state index in [9.17, 15) is 0 Å². The van der Waals surface area contributed by atoms with Crippen molar-refractivity contribution < 1.29 is 0 Å². The number of para-hydroxylation sites is 1. The van der Waals surface area contributed by atoms with E-state index in [2.05, 4.69) is 85.9 Å². The Bertz CT molecular complexity index is 798. The zero-order valence-corrected chi connectivity index (χ0v) is 15.0. The predicted molar refractivity (Wildman–Crippen MR) is 102 cm³/mol. The summed E-state index contributed by atoms with van der Waals surface area (Å²) in [5.41, 5.74) is 5.23. The summed E-state index contributed by atoms with van der Waals surface area (Å²) < 4.78 is 2.27. The second-order valence-corrected chi connectivity index (χ2v) is 7.09. The van der Waals surface area contributed by atoms with Crippen LogP contribution in [-0.4, -0.2) is 9.55 Å². The van der Waals surface area contributed by atoms with Crippen LogP contribution in [0.3, 0.4) is 0 Å². The van der Waals surface area contributed by atoms with E-state index in [1.807, 2.05) is 12.3 Å². The third-order valence-corrected chi connectivity index (χ3v) is 4.31. The van der Waals surface area contributed by atoms with E-state index in [-0.39, 0.29) is 0 Å². The summed E-state index contributed by atoms with van der Waals surface area (Å²) in [7, 11) is 0. The highest BCUT2D eigenvalue weighted by atomic mass is 15.1. The van der Waals surface area contributed by atoms with Crippen LogP contribution in [0.2, 0.25) is 0 Å². The van der Waals surface area contributed by atoms with Crippen molar-refractivity contribution >= 4 is 0 Å². The molecule has 0 aliphatic heterocycles. The molecule has 1 aromatic heterocycles. The number of nitrogens with zero attached hydrogens (tertiary/aromatic N) is 2. The minimum absolute atomic E-state index is 0.470. The van der Waals surface area contributed by atoms with Gasteiger partial charge in [0.15, 0.2) is 0 Å². The maximum absolute atomic E-state index is 4.65. The van der Waals surface area contributed by atoms with Gasteiger partial charge in [0.1, 0.15) is 5.82 Å². The molecule has 1 heterocycles. The summed E-state index contributed by atoms with van der Waals surface area (Å²) in [6.45, 7) is 9.07. The van der Waals surface area contributed by atoms with Gasteiger partial charge >= 0.3 is 0 Å². The predicted octanol–water partition coefficient (Wildman–Crippen LogP) is 5.86. The van der Waals surface area contributed by atoms with Crippen molar-refractivity contribution in [1.29, 1.82) is 0 Å². The molecule has 0 unspecified atom stereocenters. The summed E-state index contributed by atoms with van der Waals surface area (Å²) in [6, 6.07) is 17.1. The van der Waals surface area contributed by atoms with Crippen LogP contribution in [0.15, 0.2) is 60.9 Å². The smallest absolute Gasteiger partial charge is 0.144 e. The normalized spacial score (nSPS) is 11.4. The average Bonchev–Trinajstić information content (AvgIpc) is 3.04. The maximum atomic E-state index is 4.65. The molecule has 2 aromatic carbocycles. The highest BCUT2D eigenvalue weighted by Gasteiger charge is 2.17. The van der Waals surface area contributed by atoms with E-state index in [0.29, 0.717) is 11.8 Å². The molecule has 0 bridgehead atoms. The van der Waals surface area contributed by atoms with E-state index in [4.69, 9.17) is 0 Å². The molecule has 3 aromatic rings. The Balaban J connectivity index is 2.21. The summed E-state index contributed by atoms with van der Waals surface area (Å²) in [5, 5.41) is 0. The van der Waals surface area contributed by atoms with Crippen LogP contribution in [0, 0.1) is 5.92 Å². The Hall–Kier alpha value is -2.35. The Morgan fingerprint density at radius 1 is 0.917 bits per heavy atom. The lowest BCUT2D eigenvalue weighted by Crippen LogP contribution is -2.08. The molecule has 0 amide bonds. The molecule has 0 saturated carbocycles. The van der Waals surface area contributed by atoms with Crippen molar-refractivity contribution in [1.82, 2.24) is 9.55 Å². The van der Waals surface area contributed by atoms with Gasteiger partial charge in [0.05, 0.1) is 5.69 Å². The van der Waals surface area contributed by atoms with Gasteiger partial charge in [0.25, 0.3) is 0 Å². The summed E-state index contributed by atoms with van der Waals surface area (Å²) in [6.07, 6.45) is 5.06. The van der Waals surface area contributed by atoms with Crippen molar-refractivity contribution in [2.45, 2.75) is 40.0 Å². The summed E-state index contributed by atoms with van der Waals surface area (Å²) in [4.78, 5) is 4.65. The molecule has 0 atom stereocenters. The molecule has 0 spiro atoms. The quantitative estimate of drug-likeness (QED) is 0.576. The largest absolute Gasteiger partial charge is 0.299 e. The fourth-order valence-electron chi connectivity index (χ4n) is 3.26. The Labute approximate surface area is 145 Å². The van der Waals surface area contributed by atoms with Crippen LogP contribution in [0.1, 0.15) is 44.7 Å². The van der Waals surface area contributed by atoms with Gasteiger partial charge in [-0.2, -0.15) is 0 Å². The summed E-state index contributed by atoms with van der Waals surface area (Å²) in [5.74, 6) is 2.10. The van der Waals surface area contributed by atoms with Crippen LogP contribution >= 0.6 is 0 Å². The third-order valence-electron chi connectivity index (χ3n) is 4.31. The molecular weight excluding hydrogens is 292 g/mol. The molecule has 0 aliphatic rings. The van der Waals surface area contributed by atoms with E-state index in [1.54, 1.807) is 0 Å². The lowest BCUT2D eigenvalue weighted by Gasteiger charge is -2.21. The van der Waals surface area contributed by atoms with Crippen LogP contribution in [0.5, 0.6) is 0 Å². The molecular formula is C22H26N2. The molecule has 0 saturated heterocycles. The Morgan fingerprint density at radius 2 is 1.67 bits per heavy atom. The number of hydrogen-bond acceptors (Lipinski definition) is 1. The molecule has 0 aliphatic carbocycles. The summed E-state index contributed by atoms with van der Waals surface area (Å²) >= 11 is 0. The number of rotatable bonds is 5. The molecule has 0 N–H and O–H groups in total. The first-order valence-electron chi connectivity index (χ1n) is 8.79. The number of hydrogen-bond donors (Lipinski definition) is 0. The molecule has 0 fully saturated rings. The first-order chi connectivity index (χ1) is 11.6. The SMILES string of the molecule is CC(C)Cc1cccc(C(C)C)c1-n1ccnc1-c1ccccc1. The zero-order chi connectivity index (χ0) is 17.1. The van der Waals surface area contributed by atoms with E-state index in [1.165, 1.54) is 16.8 Å². The number of imidazole rings is 1. The van der Waals surface area contributed by atoms with Crippen molar-refractivity contribution in [2.75, 3.05) is 0 Å². The first kappa shape index (κ1) is 16.5. The second kappa shape index (κ2) is 7.04. The molecule has 24 heavy (non-hydrogen) atoms. The van der Waals surface area contributed by atoms with Crippen molar-refractivity contribution in [3.05, 3.63) is 72.1 Å². The molecule has 124 valence electrons. The Morgan fingerprint density at radius 3 is 2.33 bits per heavy atom.